The first-order chi connectivity index (χ1) is 6.48. The van der Waals surface area contributed by atoms with Gasteiger partial charge in [0, 0.05) is 25.2 Å². The standard InChI is InChI=1S/C11H21N3/c1-8-7-14-9(11(2,3)4)5-6-12-10(14)13-8/h8-9H,5-7H2,1-4H3,(H,12,13). The number of hydrogen-bond acceptors (Lipinski definition) is 3. The number of guanidine groups is 1. The van der Waals surface area contributed by atoms with Crippen molar-refractivity contribution in [2.24, 2.45) is 10.4 Å². The van der Waals surface area contributed by atoms with Crippen molar-refractivity contribution < 1.29 is 0 Å². The van der Waals surface area contributed by atoms with Crippen molar-refractivity contribution in [2.45, 2.75) is 46.2 Å². The highest BCUT2D eigenvalue weighted by molar-refractivity contribution is 5.83. The van der Waals surface area contributed by atoms with Crippen LogP contribution in [0.2, 0.25) is 0 Å². The molecule has 14 heavy (non-hydrogen) atoms. The lowest BCUT2D eigenvalue weighted by Gasteiger charge is -2.40. The first-order valence-electron chi connectivity index (χ1n) is 5.56. The summed E-state index contributed by atoms with van der Waals surface area (Å²) in [5, 5.41) is 3.43. The highest BCUT2D eigenvalue weighted by Crippen LogP contribution is 2.30. The van der Waals surface area contributed by atoms with Crippen molar-refractivity contribution >= 4 is 5.96 Å². The summed E-state index contributed by atoms with van der Waals surface area (Å²) in [4.78, 5) is 6.99. The first-order valence-corrected chi connectivity index (χ1v) is 5.56. The fourth-order valence-electron chi connectivity index (χ4n) is 2.49. The number of nitrogens with one attached hydrogen (secondary N) is 1. The molecule has 0 spiro atoms. The van der Waals surface area contributed by atoms with E-state index in [1.165, 1.54) is 6.42 Å². The minimum absolute atomic E-state index is 0.354. The molecule has 1 fully saturated rings. The Balaban J connectivity index is 2.19. The molecular formula is C11H21N3. The number of fused-ring (bicyclic) bond motifs is 1. The molecular weight excluding hydrogens is 174 g/mol. The van der Waals surface area contributed by atoms with E-state index in [0.29, 0.717) is 17.5 Å². The van der Waals surface area contributed by atoms with Crippen LogP contribution in [0.1, 0.15) is 34.1 Å². The topological polar surface area (TPSA) is 27.6 Å². The smallest absolute Gasteiger partial charge is 0.194 e. The zero-order chi connectivity index (χ0) is 10.3. The molecule has 3 heteroatoms. The van der Waals surface area contributed by atoms with Gasteiger partial charge in [-0.15, -0.1) is 0 Å². The van der Waals surface area contributed by atoms with E-state index in [9.17, 15) is 0 Å². The highest BCUT2D eigenvalue weighted by Gasteiger charge is 2.38. The lowest BCUT2D eigenvalue weighted by atomic mass is 9.83. The fraction of sp³-hybridized carbons (Fsp3) is 0.909. The van der Waals surface area contributed by atoms with Gasteiger partial charge in [-0.3, -0.25) is 4.99 Å². The molecule has 2 aliphatic heterocycles. The molecule has 0 saturated carbocycles. The normalized spacial score (nSPS) is 32.3. The van der Waals surface area contributed by atoms with Crippen molar-refractivity contribution in [1.29, 1.82) is 0 Å². The van der Waals surface area contributed by atoms with Crippen molar-refractivity contribution in [3.8, 4) is 0 Å². The van der Waals surface area contributed by atoms with Gasteiger partial charge in [-0.1, -0.05) is 20.8 Å². The lowest BCUT2D eigenvalue weighted by Crippen LogP contribution is -2.49. The molecule has 2 atom stereocenters. The van der Waals surface area contributed by atoms with Gasteiger partial charge in [0.15, 0.2) is 5.96 Å². The number of hydrogen-bond donors (Lipinski definition) is 1. The predicted octanol–water partition coefficient (Wildman–Crippen LogP) is 1.45. The van der Waals surface area contributed by atoms with Crippen LogP contribution in [-0.2, 0) is 0 Å². The second-order valence-electron chi connectivity index (χ2n) is 5.57. The summed E-state index contributed by atoms with van der Waals surface area (Å²) in [7, 11) is 0. The molecule has 0 amide bonds. The molecule has 2 aliphatic rings. The third-order valence-electron chi connectivity index (χ3n) is 3.16. The van der Waals surface area contributed by atoms with Crippen molar-refractivity contribution in [1.82, 2.24) is 10.2 Å². The SMILES string of the molecule is CC1CN2C(=NCCC2C(C)(C)C)N1. The number of rotatable bonds is 0. The zero-order valence-electron chi connectivity index (χ0n) is 9.67. The van der Waals surface area contributed by atoms with Crippen molar-refractivity contribution in [3.05, 3.63) is 0 Å². The van der Waals surface area contributed by atoms with Crippen LogP contribution in [0.5, 0.6) is 0 Å². The average molecular weight is 195 g/mol. The average Bonchev–Trinajstić information content (AvgIpc) is 2.41. The van der Waals surface area contributed by atoms with Crippen LogP contribution in [-0.4, -0.2) is 36.0 Å². The van der Waals surface area contributed by atoms with Crippen LogP contribution in [0, 0.1) is 5.41 Å². The monoisotopic (exact) mass is 195 g/mol. The summed E-state index contributed by atoms with van der Waals surface area (Å²) in [5.41, 5.74) is 0.354. The van der Waals surface area contributed by atoms with E-state index in [0.717, 1.165) is 19.0 Å². The molecule has 0 radical (unpaired) electrons. The van der Waals surface area contributed by atoms with Crippen LogP contribution < -0.4 is 5.32 Å². The summed E-state index contributed by atoms with van der Waals surface area (Å²) < 4.78 is 0. The molecule has 0 aromatic rings. The first kappa shape index (κ1) is 9.81. The quantitative estimate of drug-likeness (QED) is 0.633. The van der Waals surface area contributed by atoms with E-state index < -0.39 is 0 Å². The van der Waals surface area contributed by atoms with Crippen LogP contribution in [0.25, 0.3) is 0 Å². The van der Waals surface area contributed by atoms with Gasteiger partial charge in [0.25, 0.3) is 0 Å². The van der Waals surface area contributed by atoms with E-state index in [1.54, 1.807) is 0 Å². The molecule has 2 rings (SSSR count). The maximum Gasteiger partial charge on any atom is 0.194 e. The van der Waals surface area contributed by atoms with Gasteiger partial charge in [-0.2, -0.15) is 0 Å². The summed E-state index contributed by atoms with van der Waals surface area (Å²) in [6.45, 7) is 11.3. The van der Waals surface area contributed by atoms with Crippen LogP contribution in [0.4, 0.5) is 0 Å². The maximum absolute atomic E-state index is 4.54. The molecule has 2 unspecified atom stereocenters. The molecule has 0 aromatic carbocycles. The molecule has 1 saturated heterocycles. The third-order valence-corrected chi connectivity index (χ3v) is 3.16. The summed E-state index contributed by atoms with van der Waals surface area (Å²) in [6.07, 6.45) is 1.20. The van der Waals surface area contributed by atoms with Crippen LogP contribution >= 0.6 is 0 Å². The second-order valence-corrected chi connectivity index (χ2v) is 5.57. The molecule has 0 aromatic heterocycles. The molecule has 0 aliphatic carbocycles. The van der Waals surface area contributed by atoms with Gasteiger partial charge in [0.05, 0.1) is 0 Å². The molecule has 1 N–H and O–H groups in total. The predicted molar refractivity (Wildman–Crippen MR) is 59.5 cm³/mol. The summed E-state index contributed by atoms with van der Waals surface area (Å²) >= 11 is 0. The Morgan fingerprint density at radius 2 is 2.14 bits per heavy atom. The van der Waals surface area contributed by atoms with Crippen molar-refractivity contribution in [3.63, 3.8) is 0 Å². The summed E-state index contributed by atoms with van der Waals surface area (Å²) in [5.74, 6) is 1.13. The molecule has 80 valence electrons. The third kappa shape index (κ3) is 1.60. The molecule has 0 bridgehead atoms. The van der Waals surface area contributed by atoms with Gasteiger partial charge in [-0.25, -0.2) is 0 Å². The Bertz CT molecular complexity index is 252. The van der Waals surface area contributed by atoms with Crippen molar-refractivity contribution in [2.75, 3.05) is 13.1 Å². The largest absolute Gasteiger partial charge is 0.352 e. The lowest BCUT2D eigenvalue weighted by molar-refractivity contribution is 0.158. The van der Waals surface area contributed by atoms with E-state index in [-0.39, 0.29) is 0 Å². The van der Waals surface area contributed by atoms with E-state index in [2.05, 4.69) is 42.9 Å². The second kappa shape index (κ2) is 3.14. The minimum atomic E-state index is 0.354. The van der Waals surface area contributed by atoms with Gasteiger partial charge < -0.3 is 10.2 Å². The van der Waals surface area contributed by atoms with Crippen LogP contribution in [0.15, 0.2) is 4.99 Å². The summed E-state index contributed by atoms with van der Waals surface area (Å²) in [6, 6.07) is 1.20. The Hall–Kier alpha value is -0.730. The Labute approximate surface area is 86.6 Å². The van der Waals surface area contributed by atoms with Gasteiger partial charge in [0.2, 0.25) is 0 Å². The Morgan fingerprint density at radius 1 is 1.43 bits per heavy atom. The van der Waals surface area contributed by atoms with E-state index >= 15 is 0 Å². The number of aliphatic imine (C=N–C) groups is 1. The fourth-order valence-corrected chi connectivity index (χ4v) is 2.49. The van der Waals surface area contributed by atoms with Gasteiger partial charge >= 0.3 is 0 Å². The van der Waals surface area contributed by atoms with Crippen LogP contribution in [0.3, 0.4) is 0 Å². The Kier molecular flexibility index (Phi) is 2.20. The highest BCUT2D eigenvalue weighted by atomic mass is 15.4. The van der Waals surface area contributed by atoms with E-state index in [1.807, 2.05) is 0 Å². The van der Waals surface area contributed by atoms with E-state index in [4.69, 9.17) is 0 Å². The number of nitrogens with zero attached hydrogens (tertiary/aromatic N) is 2. The van der Waals surface area contributed by atoms with Gasteiger partial charge in [0.1, 0.15) is 0 Å². The molecule has 2 heterocycles. The zero-order valence-corrected chi connectivity index (χ0v) is 9.67. The minimum Gasteiger partial charge on any atom is -0.352 e. The maximum atomic E-state index is 4.54. The Morgan fingerprint density at radius 3 is 2.79 bits per heavy atom. The van der Waals surface area contributed by atoms with Gasteiger partial charge in [-0.05, 0) is 18.8 Å². The molecule has 3 nitrogen and oxygen atoms in total.